The van der Waals surface area contributed by atoms with E-state index in [1.807, 2.05) is 12.1 Å². The molecule has 0 aliphatic carbocycles. The summed E-state index contributed by atoms with van der Waals surface area (Å²) in [6, 6.07) is 3.94. The number of aromatic nitrogens is 3. The molecular formula is C15H20N4OS. The zero-order valence-corrected chi connectivity index (χ0v) is 13.3. The number of anilines is 1. The third-order valence-corrected chi connectivity index (χ3v) is 6.66. The molecule has 0 aromatic carbocycles. The Morgan fingerprint density at radius 3 is 2.76 bits per heavy atom. The largest absolute Gasteiger partial charge is 0.354 e. The van der Waals surface area contributed by atoms with Crippen molar-refractivity contribution in [3.8, 4) is 0 Å². The summed E-state index contributed by atoms with van der Waals surface area (Å²) in [5.41, 5.74) is 1.47. The van der Waals surface area contributed by atoms with Crippen LogP contribution in [0.3, 0.4) is 0 Å². The number of nitrogens with zero attached hydrogens (tertiary/aromatic N) is 4. The van der Waals surface area contributed by atoms with Gasteiger partial charge in [-0.05, 0) is 25.0 Å². The molecule has 21 heavy (non-hydrogen) atoms. The Hall–Kier alpha value is -1.56. The lowest BCUT2D eigenvalue weighted by molar-refractivity contribution is 0.494. The summed E-state index contributed by atoms with van der Waals surface area (Å²) in [4.78, 5) is 15.4. The van der Waals surface area contributed by atoms with Crippen molar-refractivity contribution in [2.24, 2.45) is 0 Å². The van der Waals surface area contributed by atoms with E-state index < -0.39 is 10.8 Å². The fraction of sp³-hybridized carbons (Fsp3) is 0.533. The Morgan fingerprint density at radius 2 is 2.00 bits per heavy atom. The molecule has 5 nitrogen and oxygen atoms in total. The van der Waals surface area contributed by atoms with Crippen LogP contribution in [0.25, 0.3) is 11.2 Å². The molecule has 0 N–H and O–H groups in total. The third kappa shape index (κ3) is 2.52. The average molecular weight is 304 g/mol. The first-order chi connectivity index (χ1) is 10.2. The first-order valence-corrected chi connectivity index (χ1v) is 8.71. The lowest BCUT2D eigenvalue weighted by atomic mass is 10.0. The summed E-state index contributed by atoms with van der Waals surface area (Å²) in [6.45, 7) is 5.84. The summed E-state index contributed by atoms with van der Waals surface area (Å²) in [5, 5.41) is 0. The van der Waals surface area contributed by atoms with Gasteiger partial charge in [0.05, 0.1) is 4.75 Å². The number of rotatable bonds is 3. The molecule has 3 rings (SSSR count). The second kappa shape index (κ2) is 5.67. The molecule has 0 saturated carbocycles. The monoisotopic (exact) mass is 304 g/mol. The second-order valence-corrected chi connectivity index (χ2v) is 7.40. The van der Waals surface area contributed by atoms with E-state index >= 15 is 0 Å². The topological polar surface area (TPSA) is 59.0 Å². The predicted molar refractivity (Wildman–Crippen MR) is 85.9 cm³/mol. The van der Waals surface area contributed by atoms with Crippen molar-refractivity contribution >= 4 is 27.8 Å². The van der Waals surface area contributed by atoms with Crippen molar-refractivity contribution in [2.75, 3.05) is 23.7 Å². The smallest absolute Gasteiger partial charge is 0.180 e. The molecule has 2 aromatic rings. The Kier molecular flexibility index (Phi) is 3.89. The van der Waals surface area contributed by atoms with Crippen LogP contribution in [0, 0.1) is 0 Å². The summed E-state index contributed by atoms with van der Waals surface area (Å²) in [5.74, 6) is 1.62. The van der Waals surface area contributed by atoms with Gasteiger partial charge in [0, 0.05) is 42.0 Å². The van der Waals surface area contributed by atoms with E-state index in [1.165, 1.54) is 0 Å². The number of hydrogen-bond donors (Lipinski definition) is 0. The number of pyridine rings is 1. The first-order valence-electron chi connectivity index (χ1n) is 7.40. The molecule has 6 heteroatoms. The fourth-order valence-electron chi connectivity index (χ4n) is 2.92. The molecule has 0 radical (unpaired) electrons. The van der Waals surface area contributed by atoms with E-state index in [0.29, 0.717) is 11.4 Å². The molecule has 1 atom stereocenters. The third-order valence-electron chi connectivity index (χ3n) is 4.44. The van der Waals surface area contributed by atoms with Gasteiger partial charge in [-0.1, -0.05) is 13.8 Å². The summed E-state index contributed by atoms with van der Waals surface area (Å²) in [7, 11) is -0.756. The maximum atomic E-state index is 12.4. The standard InChI is InChI=1S/C15H20N4OS/c1-3-15(4-2)11-19(9-10-21(15)20)13-6-5-12-14(18-13)17-8-7-16-12/h5-8H,3-4,9-11H2,1-2H3. The molecule has 0 spiro atoms. The van der Waals surface area contributed by atoms with Gasteiger partial charge >= 0.3 is 0 Å². The zero-order valence-electron chi connectivity index (χ0n) is 12.5. The number of hydrogen-bond acceptors (Lipinski definition) is 5. The van der Waals surface area contributed by atoms with Crippen molar-refractivity contribution in [1.82, 2.24) is 15.0 Å². The van der Waals surface area contributed by atoms with Crippen LogP contribution in [0.5, 0.6) is 0 Å². The van der Waals surface area contributed by atoms with Gasteiger partial charge < -0.3 is 4.90 Å². The van der Waals surface area contributed by atoms with Gasteiger partial charge in [-0.15, -0.1) is 0 Å². The van der Waals surface area contributed by atoms with E-state index in [-0.39, 0.29) is 4.75 Å². The summed E-state index contributed by atoms with van der Waals surface area (Å²) < 4.78 is 12.3. The van der Waals surface area contributed by atoms with Crippen molar-refractivity contribution in [3.63, 3.8) is 0 Å². The first kappa shape index (κ1) is 14.4. The molecule has 1 unspecified atom stereocenters. The number of fused-ring (bicyclic) bond motifs is 1. The highest BCUT2D eigenvalue weighted by Gasteiger charge is 2.39. The molecule has 3 heterocycles. The van der Waals surface area contributed by atoms with E-state index in [1.54, 1.807) is 12.4 Å². The van der Waals surface area contributed by atoms with Gasteiger partial charge in [0.2, 0.25) is 0 Å². The Labute approximate surface area is 127 Å². The quantitative estimate of drug-likeness (QED) is 0.869. The van der Waals surface area contributed by atoms with Gasteiger partial charge in [-0.25, -0.2) is 9.97 Å². The van der Waals surface area contributed by atoms with Crippen LogP contribution in [0.15, 0.2) is 24.5 Å². The lowest BCUT2D eigenvalue weighted by Gasteiger charge is -2.41. The van der Waals surface area contributed by atoms with Crippen LogP contribution in [-0.4, -0.2) is 42.8 Å². The predicted octanol–water partition coefficient (Wildman–Crippen LogP) is 2.15. The van der Waals surface area contributed by atoms with Crippen LogP contribution in [0.1, 0.15) is 26.7 Å². The van der Waals surface area contributed by atoms with Crippen LogP contribution in [-0.2, 0) is 10.8 Å². The van der Waals surface area contributed by atoms with Gasteiger partial charge in [-0.3, -0.25) is 9.19 Å². The minimum Gasteiger partial charge on any atom is -0.354 e. The molecule has 1 saturated heterocycles. The maximum Gasteiger partial charge on any atom is 0.180 e. The van der Waals surface area contributed by atoms with Crippen LogP contribution < -0.4 is 4.90 Å². The maximum absolute atomic E-state index is 12.4. The average Bonchev–Trinajstić information content (AvgIpc) is 2.55. The van der Waals surface area contributed by atoms with Gasteiger partial charge in [0.15, 0.2) is 5.65 Å². The van der Waals surface area contributed by atoms with Crippen LogP contribution in [0.2, 0.25) is 0 Å². The lowest BCUT2D eigenvalue weighted by Crippen LogP contribution is -2.53. The molecule has 1 aliphatic heterocycles. The highest BCUT2D eigenvalue weighted by Crippen LogP contribution is 2.30. The van der Waals surface area contributed by atoms with E-state index in [9.17, 15) is 4.21 Å². The highest BCUT2D eigenvalue weighted by molar-refractivity contribution is 7.86. The van der Waals surface area contributed by atoms with Crippen LogP contribution >= 0.6 is 0 Å². The van der Waals surface area contributed by atoms with Crippen molar-refractivity contribution < 1.29 is 4.21 Å². The van der Waals surface area contributed by atoms with Gasteiger partial charge in [0.25, 0.3) is 0 Å². The molecule has 0 amide bonds. The SMILES string of the molecule is CCC1(CC)CN(c2ccc3nccnc3n2)CCS1=O. The minimum absolute atomic E-state index is 0.114. The Morgan fingerprint density at radius 1 is 1.24 bits per heavy atom. The molecule has 2 aromatic heterocycles. The van der Waals surface area contributed by atoms with Crippen molar-refractivity contribution in [3.05, 3.63) is 24.5 Å². The van der Waals surface area contributed by atoms with E-state index in [4.69, 9.17) is 0 Å². The molecule has 112 valence electrons. The zero-order chi connectivity index (χ0) is 14.9. The summed E-state index contributed by atoms with van der Waals surface area (Å²) >= 11 is 0. The minimum atomic E-state index is -0.756. The summed E-state index contributed by atoms with van der Waals surface area (Å²) in [6.07, 6.45) is 5.19. The second-order valence-electron chi connectivity index (χ2n) is 5.43. The Bertz CT molecular complexity index is 672. The van der Waals surface area contributed by atoms with Crippen molar-refractivity contribution in [1.29, 1.82) is 0 Å². The fourth-order valence-corrected chi connectivity index (χ4v) is 4.68. The molecule has 0 bridgehead atoms. The highest BCUT2D eigenvalue weighted by atomic mass is 32.2. The van der Waals surface area contributed by atoms with Crippen molar-refractivity contribution in [2.45, 2.75) is 31.4 Å². The normalized spacial score (nSPS) is 21.6. The van der Waals surface area contributed by atoms with Gasteiger partial charge in [-0.2, -0.15) is 0 Å². The molecular weight excluding hydrogens is 284 g/mol. The van der Waals surface area contributed by atoms with Gasteiger partial charge in [0.1, 0.15) is 11.3 Å². The molecule has 1 fully saturated rings. The Balaban J connectivity index is 1.93. The van der Waals surface area contributed by atoms with Crippen LogP contribution in [0.4, 0.5) is 5.82 Å². The van der Waals surface area contributed by atoms with E-state index in [2.05, 4.69) is 33.7 Å². The molecule has 1 aliphatic rings. The van der Waals surface area contributed by atoms with E-state index in [0.717, 1.165) is 37.3 Å².